The summed E-state index contributed by atoms with van der Waals surface area (Å²) in [6, 6.07) is 29.2. The maximum atomic E-state index is 13.0. The molecule has 9 rings (SSSR count). The highest BCUT2D eigenvalue weighted by molar-refractivity contribution is 6.00. The van der Waals surface area contributed by atoms with E-state index < -0.39 is 0 Å². The molecule has 0 radical (unpaired) electrons. The van der Waals surface area contributed by atoms with Crippen LogP contribution in [-0.4, -0.2) is 55.3 Å². The van der Waals surface area contributed by atoms with E-state index >= 15 is 0 Å². The highest BCUT2D eigenvalue weighted by atomic mass is 16.2. The third kappa shape index (κ3) is 8.77. The second kappa shape index (κ2) is 16.9. The summed E-state index contributed by atoms with van der Waals surface area (Å²) in [5.74, 6) is -0.263. The molecule has 0 spiro atoms. The van der Waals surface area contributed by atoms with Crippen molar-refractivity contribution in [1.82, 2.24) is 40.8 Å². The molecule has 60 heavy (non-hydrogen) atoms. The van der Waals surface area contributed by atoms with Crippen LogP contribution >= 0.6 is 0 Å². The van der Waals surface area contributed by atoms with Crippen LogP contribution in [-0.2, 0) is 13.0 Å². The first-order chi connectivity index (χ1) is 29.0. The van der Waals surface area contributed by atoms with E-state index in [0.29, 0.717) is 40.2 Å². The van der Waals surface area contributed by atoms with Gasteiger partial charge in [0.1, 0.15) is 22.8 Å². The normalized spacial score (nSPS) is 15.3. The van der Waals surface area contributed by atoms with E-state index in [1.54, 1.807) is 24.3 Å². The fraction of sp³-hybridized carbons (Fsp3) is 0.261. The summed E-state index contributed by atoms with van der Waals surface area (Å²) >= 11 is 0. The molecule has 2 fully saturated rings. The van der Waals surface area contributed by atoms with Gasteiger partial charge in [-0.1, -0.05) is 66.7 Å². The molecule has 14 heteroatoms. The molecule has 4 amide bonds. The van der Waals surface area contributed by atoms with Crippen LogP contribution in [0.5, 0.6) is 0 Å². The van der Waals surface area contributed by atoms with Crippen LogP contribution in [0, 0.1) is 13.8 Å². The maximum Gasteiger partial charge on any atom is 0.257 e. The lowest BCUT2D eigenvalue weighted by Crippen LogP contribution is -2.27. The van der Waals surface area contributed by atoms with Gasteiger partial charge in [0.2, 0.25) is 0 Å². The number of nitrogen functional groups attached to an aromatic ring is 2. The van der Waals surface area contributed by atoms with Crippen molar-refractivity contribution >= 4 is 35.3 Å². The van der Waals surface area contributed by atoms with Crippen LogP contribution in [0.1, 0.15) is 107 Å². The van der Waals surface area contributed by atoms with Crippen molar-refractivity contribution in [2.75, 3.05) is 11.5 Å². The SMILES string of the molecule is Cc1ccc(C(=O)NC2CC2)cc1-n1ncc(C(=O)NC2CCc3ccccc32)c1N.Cc1ccc(C(=O)NC2CC2)cc1-n1ncc(C(=O)NCc2ccccc2)c1N. The first-order valence-electron chi connectivity index (χ1n) is 20.3. The van der Waals surface area contributed by atoms with Gasteiger partial charge in [0.05, 0.1) is 29.8 Å². The summed E-state index contributed by atoms with van der Waals surface area (Å²) in [6.45, 7) is 4.24. The predicted octanol–water partition coefficient (Wildman–Crippen LogP) is 5.66. The Bertz CT molecular complexity index is 2590. The second-order valence-corrected chi connectivity index (χ2v) is 15.6. The Morgan fingerprint density at radius 2 is 1.13 bits per heavy atom. The number of carbonyl (C=O) groups is 4. The maximum absolute atomic E-state index is 13.0. The van der Waals surface area contributed by atoms with E-state index in [2.05, 4.69) is 43.6 Å². The Morgan fingerprint density at radius 3 is 1.68 bits per heavy atom. The van der Waals surface area contributed by atoms with E-state index in [9.17, 15) is 19.2 Å². The number of anilines is 2. The van der Waals surface area contributed by atoms with Gasteiger partial charge in [0.15, 0.2) is 0 Å². The molecule has 2 heterocycles. The lowest BCUT2D eigenvalue weighted by atomic mass is 10.1. The zero-order valence-corrected chi connectivity index (χ0v) is 33.6. The molecule has 2 saturated carbocycles. The molecule has 8 N–H and O–H groups in total. The Hall–Kier alpha value is -7.22. The largest absolute Gasteiger partial charge is 0.383 e. The van der Waals surface area contributed by atoms with Crippen LogP contribution in [0.3, 0.4) is 0 Å². The zero-order valence-electron chi connectivity index (χ0n) is 33.6. The molecular formula is C46H48N10O4. The number of nitrogens with zero attached hydrogens (tertiary/aromatic N) is 4. The Morgan fingerprint density at radius 1 is 0.617 bits per heavy atom. The molecule has 14 nitrogen and oxygen atoms in total. The molecule has 0 bridgehead atoms. The molecule has 4 aromatic carbocycles. The fourth-order valence-electron chi connectivity index (χ4n) is 7.22. The minimum Gasteiger partial charge on any atom is -0.383 e. The third-order valence-electron chi connectivity index (χ3n) is 11.1. The van der Waals surface area contributed by atoms with Crippen molar-refractivity contribution < 1.29 is 19.2 Å². The van der Waals surface area contributed by atoms with E-state index in [1.165, 1.54) is 27.3 Å². The van der Waals surface area contributed by atoms with Crippen molar-refractivity contribution in [2.45, 2.75) is 77.0 Å². The van der Waals surface area contributed by atoms with Crippen molar-refractivity contribution in [1.29, 1.82) is 0 Å². The van der Waals surface area contributed by atoms with Crippen molar-refractivity contribution in [3.05, 3.63) is 153 Å². The number of benzene rings is 4. The quantitative estimate of drug-likeness (QED) is 0.0963. The van der Waals surface area contributed by atoms with E-state index in [0.717, 1.165) is 60.8 Å². The summed E-state index contributed by atoms with van der Waals surface area (Å²) in [5, 5.41) is 20.6. The smallest absolute Gasteiger partial charge is 0.257 e. The Labute approximate surface area is 347 Å². The number of amides is 4. The van der Waals surface area contributed by atoms with Gasteiger partial charge in [-0.3, -0.25) is 19.2 Å². The minimum absolute atomic E-state index is 0.0253. The van der Waals surface area contributed by atoms with Gasteiger partial charge < -0.3 is 32.7 Å². The summed E-state index contributed by atoms with van der Waals surface area (Å²) in [4.78, 5) is 50.3. The lowest BCUT2D eigenvalue weighted by Gasteiger charge is -2.14. The molecular weight excluding hydrogens is 757 g/mol. The molecule has 6 aromatic rings. The first-order valence-corrected chi connectivity index (χ1v) is 20.3. The van der Waals surface area contributed by atoms with Crippen LogP contribution in [0.15, 0.2) is 103 Å². The Balaban J connectivity index is 0.000000167. The first kappa shape index (κ1) is 39.6. The van der Waals surface area contributed by atoms with Gasteiger partial charge in [-0.15, -0.1) is 0 Å². The summed E-state index contributed by atoms with van der Waals surface area (Å²) in [5.41, 5.74) is 20.9. The number of aryl methyl sites for hydroxylation is 3. The van der Waals surface area contributed by atoms with Gasteiger partial charge in [-0.05, 0) is 104 Å². The number of fused-ring (bicyclic) bond motifs is 1. The second-order valence-electron chi connectivity index (χ2n) is 15.6. The van der Waals surface area contributed by atoms with E-state index in [1.807, 2.05) is 68.4 Å². The molecule has 1 unspecified atom stereocenters. The molecule has 1 atom stereocenters. The number of aromatic nitrogens is 4. The van der Waals surface area contributed by atoms with E-state index in [4.69, 9.17) is 11.5 Å². The van der Waals surface area contributed by atoms with Gasteiger partial charge in [0, 0.05) is 29.8 Å². The number of nitrogens with two attached hydrogens (primary N) is 2. The zero-order chi connectivity index (χ0) is 41.9. The number of carbonyl (C=O) groups excluding carboxylic acids is 4. The molecule has 0 saturated heterocycles. The highest BCUT2D eigenvalue weighted by Gasteiger charge is 2.28. The van der Waals surface area contributed by atoms with Crippen molar-refractivity contribution in [3.8, 4) is 11.4 Å². The van der Waals surface area contributed by atoms with Crippen LogP contribution in [0.2, 0.25) is 0 Å². The topological polar surface area (TPSA) is 204 Å². The number of nitrogens with one attached hydrogen (secondary N) is 4. The van der Waals surface area contributed by atoms with Gasteiger partial charge in [-0.25, -0.2) is 9.36 Å². The summed E-state index contributed by atoms with van der Waals surface area (Å²) in [7, 11) is 0. The van der Waals surface area contributed by atoms with E-state index in [-0.39, 0.29) is 53.4 Å². The Kier molecular flexibility index (Phi) is 11.2. The highest BCUT2D eigenvalue weighted by Crippen LogP contribution is 2.32. The van der Waals surface area contributed by atoms with Gasteiger partial charge in [-0.2, -0.15) is 10.2 Å². The van der Waals surface area contributed by atoms with Crippen LogP contribution in [0.25, 0.3) is 11.4 Å². The predicted molar refractivity (Wildman–Crippen MR) is 229 cm³/mol. The van der Waals surface area contributed by atoms with Gasteiger partial charge >= 0.3 is 0 Å². The summed E-state index contributed by atoms with van der Waals surface area (Å²) < 4.78 is 3.03. The average Bonchev–Trinajstić information content (AvgIpc) is 4.15. The van der Waals surface area contributed by atoms with Crippen molar-refractivity contribution in [3.63, 3.8) is 0 Å². The number of rotatable bonds is 11. The monoisotopic (exact) mass is 804 g/mol. The lowest BCUT2D eigenvalue weighted by molar-refractivity contribution is 0.0931. The number of hydrogen-bond acceptors (Lipinski definition) is 8. The van der Waals surface area contributed by atoms with Crippen LogP contribution in [0.4, 0.5) is 11.6 Å². The molecule has 3 aliphatic carbocycles. The van der Waals surface area contributed by atoms with Crippen molar-refractivity contribution in [2.24, 2.45) is 0 Å². The average molecular weight is 805 g/mol. The third-order valence-corrected chi connectivity index (χ3v) is 11.1. The molecule has 2 aromatic heterocycles. The van der Waals surface area contributed by atoms with Crippen LogP contribution < -0.4 is 32.7 Å². The minimum atomic E-state index is -0.294. The molecule has 3 aliphatic rings. The standard InChI is InChI=1S/C24H25N5O2.C22H23N5O2/c1-14-6-7-16(23(30)27-17-9-10-17)12-21(14)29-22(25)19(13-26-29)24(31)28-20-11-8-15-4-2-3-5-18(15)20;1-14-7-8-16(21(28)26-17-9-10-17)11-19(14)27-20(23)18(13-25-27)22(29)24-12-15-5-3-2-4-6-15/h2-7,12-13,17,20H,8-11,25H2,1H3,(H,27,30)(H,28,31);2-8,11,13,17H,9-10,12,23H2,1H3,(H,24,29)(H,26,28). The van der Waals surface area contributed by atoms with Gasteiger partial charge in [0.25, 0.3) is 23.6 Å². The molecule has 306 valence electrons. The fourth-order valence-corrected chi connectivity index (χ4v) is 7.22. The summed E-state index contributed by atoms with van der Waals surface area (Å²) in [6.07, 6.45) is 8.87. The molecule has 0 aliphatic heterocycles. The number of hydrogen-bond donors (Lipinski definition) is 6.